The molecule has 0 radical (unpaired) electrons. The fourth-order valence-corrected chi connectivity index (χ4v) is 3.23. The van der Waals surface area contributed by atoms with Crippen LogP contribution >= 0.6 is 11.8 Å². The van der Waals surface area contributed by atoms with Gasteiger partial charge in [0.25, 0.3) is 0 Å². The van der Waals surface area contributed by atoms with Gasteiger partial charge in [0.1, 0.15) is 6.04 Å². The molecule has 0 aromatic carbocycles. The highest BCUT2D eigenvalue weighted by atomic mass is 32.2. The summed E-state index contributed by atoms with van der Waals surface area (Å²) in [5, 5.41) is 2.78. The number of piperazine rings is 1. The van der Waals surface area contributed by atoms with E-state index in [9.17, 15) is 14.4 Å². The molecule has 2 saturated heterocycles. The Labute approximate surface area is 116 Å². The molecule has 0 spiro atoms. The van der Waals surface area contributed by atoms with E-state index in [0.717, 1.165) is 5.75 Å². The van der Waals surface area contributed by atoms with Gasteiger partial charge in [0.2, 0.25) is 17.7 Å². The van der Waals surface area contributed by atoms with E-state index in [1.54, 1.807) is 28.5 Å². The molecule has 1 N–H and O–H groups in total. The van der Waals surface area contributed by atoms with Gasteiger partial charge in [-0.3, -0.25) is 14.4 Å². The molecule has 0 saturated carbocycles. The predicted octanol–water partition coefficient (Wildman–Crippen LogP) is -0.701. The molecule has 0 aromatic heterocycles. The molecule has 2 fully saturated rings. The molecule has 0 aromatic rings. The third-order valence-corrected chi connectivity index (χ3v) is 4.49. The smallest absolute Gasteiger partial charge is 0.246 e. The Kier molecular flexibility index (Phi) is 4.68. The maximum Gasteiger partial charge on any atom is 0.246 e. The van der Waals surface area contributed by atoms with Crippen LogP contribution in [0, 0.1) is 0 Å². The number of thioether (sulfide) groups is 1. The average Bonchev–Trinajstić information content (AvgIpc) is 2.62. The Morgan fingerprint density at radius 2 is 1.84 bits per heavy atom. The minimum absolute atomic E-state index is 0.0223. The third kappa shape index (κ3) is 3.62. The van der Waals surface area contributed by atoms with Gasteiger partial charge in [-0.2, -0.15) is 11.8 Å². The van der Waals surface area contributed by atoms with Gasteiger partial charge in [-0.1, -0.05) is 0 Å². The van der Waals surface area contributed by atoms with E-state index in [1.807, 2.05) is 0 Å². The Hall–Kier alpha value is -1.24. The van der Waals surface area contributed by atoms with Crippen LogP contribution < -0.4 is 5.32 Å². The molecule has 2 rings (SSSR count). The molecular weight excluding hydrogens is 266 g/mol. The van der Waals surface area contributed by atoms with E-state index in [4.69, 9.17) is 0 Å². The van der Waals surface area contributed by atoms with E-state index in [2.05, 4.69) is 5.32 Å². The zero-order chi connectivity index (χ0) is 13.8. The number of carbonyl (C=O) groups excluding carboxylic acids is 3. The Morgan fingerprint density at radius 3 is 2.47 bits per heavy atom. The van der Waals surface area contributed by atoms with Gasteiger partial charge in [0.05, 0.1) is 0 Å². The number of hydrogen-bond donors (Lipinski definition) is 1. The number of amides is 3. The Morgan fingerprint density at radius 1 is 1.21 bits per heavy atom. The zero-order valence-corrected chi connectivity index (χ0v) is 11.9. The first-order chi connectivity index (χ1) is 9.08. The molecule has 0 aliphatic carbocycles. The summed E-state index contributed by atoms with van der Waals surface area (Å²) in [6.07, 6.45) is 0.479. The van der Waals surface area contributed by atoms with Crippen LogP contribution in [0.5, 0.6) is 0 Å². The van der Waals surface area contributed by atoms with Crippen molar-refractivity contribution in [2.75, 3.05) is 37.7 Å². The normalized spacial score (nSPS) is 24.7. The van der Waals surface area contributed by atoms with Crippen molar-refractivity contribution in [1.82, 2.24) is 15.1 Å². The van der Waals surface area contributed by atoms with Crippen LogP contribution in [0.1, 0.15) is 13.3 Å². The van der Waals surface area contributed by atoms with E-state index in [-0.39, 0.29) is 17.7 Å². The lowest BCUT2D eigenvalue weighted by atomic mass is 10.2. The summed E-state index contributed by atoms with van der Waals surface area (Å²) in [5.41, 5.74) is 0. The first kappa shape index (κ1) is 14.2. The molecule has 19 heavy (non-hydrogen) atoms. The Balaban J connectivity index is 1.89. The van der Waals surface area contributed by atoms with Crippen molar-refractivity contribution >= 4 is 29.5 Å². The summed E-state index contributed by atoms with van der Waals surface area (Å²) in [4.78, 5) is 38.5. The lowest BCUT2D eigenvalue weighted by Gasteiger charge is -2.35. The highest BCUT2D eigenvalue weighted by Crippen LogP contribution is 2.13. The molecule has 106 valence electrons. The number of carbonyl (C=O) groups is 3. The van der Waals surface area contributed by atoms with Crippen LogP contribution in [0.4, 0.5) is 0 Å². The van der Waals surface area contributed by atoms with Crippen molar-refractivity contribution in [2.24, 2.45) is 0 Å². The van der Waals surface area contributed by atoms with Crippen molar-refractivity contribution < 1.29 is 14.4 Å². The van der Waals surface area contributed by atoms with E-state index in [0.29, 0.717) is 38.4 Å². The van der Waals surface area contributed by atoms with Crippen LogP contribution in [-0.4, -0.2) is 71.2 Å². The number of rotatable bonds is 1. The third-order valence-electron chi connectivity index (χ3n) is 3.43. The molecule has 2 aliphatic heterocycles. The second kappa shape index (κ2) is 6.27. The summed E-state index contributed by atoms with van der Waals surface area (Å²) in [5.74, 6) is 1.38. The van der Waals surface area contributed by atoms with Gasteiger partial charge < -0.3 is 15.1 Å². The molecule has 2 aliphatic rings. The molecule has 6 nitrogen and oxygen atoms in total. The van der Waals surface area contributed by atoms with Crippen molar-refractivity contribution in [3.8, 4) is 0 Å². The molecule has 2 heterocycles. The summed E-state index contributed by atoms with van der Waals surface area (Å²) in [7, 11) is 0. The number of nitrogens with zero attached hydrogens (tertiary/aromatic N) is 2. The second-order valence-electron chi connectivity index (χ2n) is 4.78. The summed E-state index contributed by atoms with van der Waals surface area (Å²) >= 11 is 1.63. The topological polar surface area (TPSA) is 69.7 Å². The van der Waals surface area contributed by atoms with Crippen LogP contribution in [0.15, 0.2) is 0 Å². The fourth-order valence-electron chi connectivity index (χ4n) is 2.27. The van der Waals surface area contributed by atoms with Crippen LogP contribution in [0.3, 0.4) is 0 Å². The number of hydrogen-bond acceptors (Lipinski definition) is 4. The maximum absolute atomic E-state index is 12.3. The molecule has 0 bridgehead atoms. The maximum atomic E-state index is 12.3. The highest BCUT2D eigenvalue weighted by Gasteiger charge is 2.30. The SMILES string of the molecule is CC(=O)N1CCN(C(=O)C2CSCCC(=O)N2)CC1. The predicted molar refractivity (Wildman–Crippen MR) is 72.7 cm³/mol. The van der Waals surface area contributed by atoms with E-state index >= 15 is 0 Å². The lowest BCUT2D eigenvalue weighted by molar-refractivity contribution is -0.140. The van der Waals surface area contributed by atoms with Gasteiger partial charge in [0.15, 0.2) is 0 Å². The second-order valence-corrected chi connectivity index (χ2v) is 5.93. The average molecular weight is 285 g/mol. The minimum Gasteiger partial charge on any atom is -0.343 e. The van der Waals surface area contributed by atoms with Crippen molar-refractivity contribution in [3.63, 3.8) is 0 Å². The van der Waals surface area contributed by atoms with E-state index in [1.165, 1.54) is 0 Å². The minimum atomic E-state index is -0.413. The summed E-state index contributed by atoms with van der Waals surface area (Å²) in [6, 6.07) is -0.413. The summed E-state index contributed by atoms with van der Waals surface area (Å²) < 4.78 is 0. The first-order valence-corrected chi connectivity index (χ1v) is 7.65. The molecule has 1 unspecified atom stereocenters. The van der Waals surface area contributed by atoms with Gasteiger partial charge in [-0.15, -0.1) is 0 Å². The van der Waals surface area contributed by atoms with Crippen LogP contribution in [0.2, 0.25) is 0 Å². The molecule has 1 atom stereocenters. The Bertz CT molecular complexity index is 380. The molecule has 3 amide bonds. The highest BCUT2D eigenvalue weighted by molar-refractivity contribution is 7.99. The molecular formula is C12H19N3O3S. The lowest BCUT2D eigenvalue weighted by Crippen LogP contribution is -2.56. The molecule has 7 heteroatoms. The van der Waals surface area contributed by atoms with Gasteiger partial charge in [0, 0.05) is 51.0 Å². The van der Waals surface area contributed by atoms with Crippen molar-refractivity contribution in [2.45, 2.75) is 19.4 Å². The van der Waals surface area contributed by atoms with E-state index < -0.39 is 6.04 Å². The van der Waals surface area contributed by atoms with Gasteiger partial charge in [-0.05, 0) is 0 Å². The van der Waals surface area contributed by atoms with Crippen LogP contribution in [0.25, 0.3) is 0 Å². The monoisotopic (exact) mass is 285 g/mol. The zero-order valence-electron chi connectivity index (χ0n) is 11.1. The number of nitrogens with one attached hydrogen (secondary N) is 1. The van der Waals surface area contributed by atoms with Crippen LogP contribution in [-0.2, 0) is 14.4 Å². The quantitative estimate of drug-likeness (QED) is 0.691. The summed E-state index contributed by atoms with van der Waals surface area (Å²) in [6.45, 7) is 3.80. The van der Waals surface area contributed by atoms with Crippen molar-refractivity contribution in [3.05, 3.63) is 0 Å². The fraction of sp³-hybridized carbons (Fsp3) is 0.750. The standard InChI is InChI=1S/C12H19N3O3S/c1-9(16)14-3-5-15(6-4-14)12(18)10-8-19-7-2-11(17)13-10/h10H,2-8H2,1H3,(H,13,17). The first-order valence-electron chi connectivity index (χ1n) is 6.49. The largest absolute Gasteiger partial charge is 0.343 e. The van der Waals surface area contributed by atoms with Gasteiger partial charge >= 0.3 is 0 Å². The van der Waals surface area contributed by atoms with Crippen molar-refractivity contribution in [1.29, 1.82) is 0 Å². The van der Waals surface area contributed by atoms with Gasteiger partial charge in [-0.25, -0.2) is 0 Å².